The lowest BCUT2D eigenvalue weighted by Gasteiger charge is -2.16. The predicted molar refractivity (Wildman–Crippen MR) is 144 cm³/mol. The molecule has 0 saturated heterocycles. The second kappa shape index (κ2) is 11.2. The number of carbonyl (C=O) groups is 1. The number of pyridine rings is 1. The van der Waals surface area contributed by atoms with E-state index >= 15 is 0 Å². The molecule has 4 rings (SSSR count). The molecule has 3 aromatic carbocycles. The Hall–Kier alpha value is -3.57. The quantitative estimate of drug-likeness (QED) is 0.154. The summed E-state index contributed by atoms with van der Waals surface area (Å²) in [6, 6.07) is 27.7. The van der Waals surface area contributed by atoms with Gasteiger partial charge in [-0.3, -0.25) is 9.59 Å². The maximum atomic E-state index is 12.7. The van der Waals surface area contributed by atoms with Crippen LogP contribution in [0.4, 0.5) is 0 Å². The number of hydrogen-bond donors (Lipinski definition) is 0. The number of aromatic nitrogens is 1. The largest absolute Gasteiger partial charge is 0.426 e. The maximum Gasteiger partial charge on any atom is 0.310 e. The van der Waals surface area contributed by atoms with Crippen LogP contribution in [0.2, 0.25) is 0 Å². The molecule has 35 heavy (non-hydrogen) atoms. The van der Waals surface area contributed by atoms with Crippen molar-refractivity contribution in [3.05, 3.63) is 107 Å². The molecule has 1 aromatic heterocycles. The van der Waals surface area contributed by atoms with Crippen LogP contribution < -0.4 is 10.3 Å². The second-order valence-corrected chi connectivity index (χ2v) is 10.0. The Morgan fingerprint density at radius 2 is 1.63 bits per heavy atom. The molecule has 0 aliphatic carbocycles. The summed E-state index contributed by atoms with van der Waals surface area (Å²) in [5.41, 5.74) is 5.63. The van der Waals surface area contributed by atoms with E-state index in [9.17, 15) is 9.59 Å². The van der Waals surface area contributed by atoms with E-state index in [1.165, 1.54) is 11.1 Å². The minimum atomic E-state index is -0.255. The number of aryl methyl sites for hydroxylation is 1. The van der Waals surface area contributed by atoms with Crippen molar-refractivity contribution < 1.29 is 9.53 Å². The number of esters is 1. The molecule has 1 atom stereocenters. The maximum absolute atomic E-state index is 12.7. The van der Waals surface area contributed by atoms with Gasteiger partial charge in [0.05, 0.1) is 0 Å². The average Bonchev–Trinajstić information content (AvgIpc) is 2.86. The summed E-state index contributed by atoms with van der Waals surface area (Å²) in [5, 5.41) is 0.131. The Morgan fingerprint density at radius 3 is 2.37 bits per heavy atom. The monoisotopic (exact) mass is 483 g/mol. The van der Waals surface area contributed by atoms with Crippen molar-refractivity contribution in [2.45, 2.75) is 43.9 Å². The van der Waals surface area contributed by atoms with Crippen molar-refractivity contribution in [3.8, 4) is 28.0 Å². The van der Waals surface area contributed by atoms with Crippen molar-refractivity contribution >= 4 is 17.7 Å². The Labute approximate surface area is 210 Å². The van der Waals surface area contributed by atoms with E-state index in [-0.39, 0.29) is 16.8 Å². The van der Waals surface area contributed by atoms with Gasteiger partial charge in [-0.2, -0.15) is 0 Å². The minimum absolute atomic E-state index is 0.0276. The number of hydrogen-bond acceptors (Lipinski definition) is 4. The van der Waals surface area contributed by atoms with Crippen LogP contribution in [0.1, 0.15) is 25.8 Å². The molecule has 0 bridgehead atoms. The van der Waals surface area contributed by atoms with Crippen LogP contribution in [-0.4, -0.2) is 15.8 Å². The van der Waals surface area contributed by atoms with Gasteiger partial charge in [0, 0.05) is 35.4 Å². The lowest BCUT2D eigenvalue weighted by atomic mass is 9.93. The number of rotatable bonds is 8. The summed E-state index contributed by atoms with van der Waals surface area (Å²) in [6.45, 7) is 6.54. The van der Waals surface area contributed by atoms with Crippen molar-refractivity contribution in [1.82, 2.24) is 4.57 Å². The molecule has 0 N–H and O–H groups in total. The summed E-state index contributed by atoms with van der Waals surface area (Å²) in [7, 11) is 0. The fourth-order valence-corrected chi connectivity index (χ4v) is 5.08. The molecule has 178 valence electrons. The van der Waals surface area contributed by atoms with Gasteiger partial charge in [-0.15, -0.1) is 11.8 Å². The third-order valence-corrected chi connectivity index (χ3v) is 6.85. The van der Waals surface area contributed by atoms with Gasteiger partial charge in [-0.25, -0.2) is 0 Å². The van der Waals surface area contributed by atoms with Crippen molar-refractivity contribution in [2.24, 2.45) is 0 Å². The topological polar surface area (TPSA) is 48.3 Å². The Bertz CT molecular complexity index is 1390. The first-order valence-electron chi connectivity index (χ1n) is 11.8. The van der Waals surface area contributed by atoms with Gasteiger partial charge in [0.15, 0.2) is 0 Å². The van der Waals surface area contributed by atoms with Crippen LogP contribution in [-0.2, 0) is 11.3 Å². The zero-order valence-corrected chi connectivity index (χ0v) is 21.0. The molecule has 0 aliphatic heterocycles. The van der Waals surface area contributed by atoms with Crippen LogP contribution in [0.25, 0.3) is 22.3 Å². The van der Waals surface area contributed by atoms with Crippen molar-refractivity contribution in [3.63, 3.8) is 0 Å². The van der Waals surface area contributed by atoms with Gasteiger partial charge < -0.3 is 9.30 Å². The third kappa shape index (κ3) is 6.11. The Kier molecular flexibility index (Phi) is 7.88. The molecule has 0 saturated carbocycles. The molecule has 0 amide bonds. The van der Waals surface area contributed by atoms with E-state index < -0.39 is 0 Å². The van der Waals surface area contributed by atoms with E-state index in [1.807, 2.05) is 48.7 Å². The van der Waals surface area contributed by atoms with Crippen LogP contribution >= 0.6 is 11.8 Å². The second-order valence-electron chi connectivity index (χ2n) is 8.50. The van der Waals surface area contributed by atoms with Gasteiger partial charge in [-0.05, 0) is 59.0 Å². The molecule has 1 unspecified atom stereocenters. The molecule has 0 fully saturated rings. The summed E-state index contributed by atoms with van der Waals surface area (Å²) >= 11 is 1.65. The fourth-order valence-electron chi connectivity index (χ4n) is 4.04. The highest BCUT2D eigenvalue weighted by molar-refractivity contribution is 7.99. The minimum Gasteiger partial charge on any atom is -0.426 e. The number of benzene rings is 3. The molecule has 4 aromatic rings. The van der Waals surface area contributed by atoms with Crippen LogP contribution in [0.15, 0.2) is 101 Å². The van der Waals surface area contributed by atoms with E-state index in [2.05, 4.69) is 44.2 Å². The molecule has 0 radical (unpaired) electrons. The van der Waals surface area contributed by atoms with Crippen molar-refractivity contribution in [1.29, 1.82) is 0 Å². The van der Waals surface area contributed by atoms with E-state index in [0.717, 1.165) is 21.6 Å². The van der Waals surface area contributed by atoms with Crippen LogP contribution in [0.5, 0.6) is 5.75 Å². The first kappa shape index (κ1) is 24.6. The van der Waals surface area contributed by atoms with Gasteiger partial charge in [0.2, 0.25) is 0 Å². The van der Waals surface area contributed by atoms with Crippen LogP contribution in [0.3, 0.4) is 0 Å². The summed E-state index contributed by atoms with van der Waals surface area (Å²) in [4.78, 5) is 25.3. The fraction of sp³-hybridized carbons (Fsp3) is 0.200. The highest BCUT2D eigenvalue weighted by Gasteiger charge is 2.12. The van der Waals surface area contributed by atoms with E-state index in [4.69, 9.17) is 4.74 Å². The zero-order chi connectivity index (χ0) is 24.8. The van der Waals surface area contributed by atoms with Gasteiger partial charge in [0.1, 0.15) is 5.75 Å². The number of carbonyl (C=O) groups excluding carboxylic acids is 1. The zero-order valence-electron chi connectivity index (χ0n) is 20.2. The third-order valence-electron chi connectivity index (χ3n) is 5.77. The molecular weight excluding hydrogens is 454 g/mol. The first-order chi connectivity index (χ1) is 16.9. The van der Waals surface area contributed by atoms with E-state index in [0.29, 0.717) is 18.7 Å². The highest BCUT2D eigenvalue weighted by atomic mass is 32.2. The molecule has 0 aliphatic rings. The smallest absolute Gasteiger partial charge is 0.310 e. The predicted octanol–water partition coefficient (Wildman–Crippen LogP) is 6.99. The van der Waals surface area contributed by atoms with Crippen molar-refractivity contribution in [2.75, 3.05) is 0 Å². The van der Waals surface area contributed by atoms with E-state index in [1.54, 1.807) is 35.4 Å². The number of nitrogens with zero attached hydrogens (tertiary/aromatic N) is 1. The summed E-state index contributed by atoms with van der Waals surface area (Å²) in [5.74, 6) is 0.288. The van der Waals surface area contributed by atoms with Gasteiger partial charge in [-0.1, -0.05) is 68.4 Å². The normalized spacial score (nSPS) is 11.7. The Morgan fingerprint density at radius 1 is 0.914 bits per heavy atom. The molecule has 5 heteroatoms. The molecule has 4 nitrogen and oxygen atoms in total. The lowest BCUT2D eigenvalue weighted by Crippen LogP contribution is -2.23. The number of ether oxygens (including phenoxy) is 1. The van der Waals surface area contributed by atoms with Crippen LogP contribution in [0, 0.1) is 6.92 Å². The Balaban J connectivity index is 1.57. The SMILES string of the molecule is CCC(=O)Oc1cccc(SC(C)Cn2cc(-c3ccccc3-c3ccccc3C)ccc2=O)c1. The van der Waals surface area contributed by atoms with Gasteiger partial charge in [0.25, 0.3) is 5.56 Å². The molecular formula is C30H29NO3S. The first-order valence-corrected chi connectivity index (χ1v) is 12.7. The molecule has 1 heterocycles. The summed E-state index contributed by atoms with van der Waals surface area (Å²) < 4.78 is 7.12. The summed E-state index contributed by atoms with van der Waals surface area (Å²) in [6.07, 6.45) is 2.29. The number of thioether (sulfide) groups is 1. The molecule has 0 spiro atoms. The highest BCUT2D eigenvalue weighted by Crippen LogP contribution is 2.33. The van der Waals surface area contributed by atoms with Gasteiger partial charge >= 0.3 is 5.97 Å². The average molecular weight is 484 g/mol. The lowest BCUT2D eigenvalue weighted by molar-refractivity contribution is -0.134. The standard InChI is InChI=1S/C30H29NO3S/c1-4-30(33)34-24-11-9-12-25(18-24)35-22(3)19-31-20-23(16-17-29(31)32)27-14-7-8-15-28(27)26-13-6-5-10-21(26)2/h5-18,20,22H,4,19H2,1-3H3.